The maximum atomic E-state index is 8.89. The highest BCUT2D eigenvalue weighted by atomic mass is 15.1. The summed E-state index contributed by atoms with van der Waals surface area (Å²) in [5, 5.41) is 8.89. The Bertz CT molecular complexity index is 444. The van der Waals surface area contributed by atoms with Gasteiger partial charge in [0.15, 0.2) is 0 Å². The summed E-state index contributed by atoms with van der Waals surface area (Å²) >= 11 is 0. The van der Waals surface area contributed by atoms with Crippen LogP contribution in [0.3, 0.4) is 0 Å². The number of nitrogens with two attached hydrogens (primary N) is 1. The van der Waals surface area contributed by atoms with Crippen molar-refractivity contribution in [3.8, 4) is 6.07 Å². The van der Waals surface area contributed by atoms with Gasteiger partial charge < -0.3 is 5.73 Å². The zero-order chi connectivity index (χ0) is 13.7. The van der Waals surface area contributed by atoms with Crippen LogP contribution in [0.4, 0.5) is 0 Å². The summed E-state index contributed by atoms with van der Waals surface area (Å²) in [5.41, 5.74) is 7.64. The van der Waals surface area contributed by atoms with Crippen LogP contribution in [-0.4, -0.2) is 28.5 Å². The molecule has 4 nitrogen and oxygen atoms in total. The highest BCUT2D eigenvalue weighted by Gasteiger charge is 2.23. The van der Waals surface area contributed by atoms with Crippen molar-refractivity contribution in [2.45, 2.75) is 51.2 Å². The molecule has 1 heterocycles. The zero-order valence-electron chi connectivity index (χ0n) is 11.5. The minimum absolute atomic E-state index is 0.390. The highest BCUT2D eigenvalue weighted by molar-refractivity contribution is 5.25. The third kappa shape index (κ3) is 3.76. The van der Waals surface area contributed by atoms with Gasteiger partial charge in [0.1, 0.15) is 11.8 Å². The molecular formula is C15H22N4. The van der Waals surface area contributed by atoms with E-state index in [1.54, 1.807) is 6.20 Å². The van der Waals surface area contributed by atoms with Crippen molar-refractivity contribution < 1.29 is 0 Å². The first kappa shape index (κ1) is 14.0. The topological polar surface area (TPSA) is 65.9 Å². The molecule has 0 saturated heterocycles. The van der Waals surface area contributed by atoms with Gasteiger partial charge in [-0.25, -0.2) is 4.98 Å². The quantitative estimate of drug-likeness (QED) is 0.897. The number of rotatable bonds is 4. The van der Waals surface area contributed by atoms with Crippen LogP contribution in [0.15, 0.2) is 18.3 Å². The molecule has 1 aromatic rings. The summed E-state index contributed by atoms with van der Waals surface area (Å²) in [4.78, 5) is 6.51. The largest absolute Gasteiger partial charge is 0.328 e. The van der Waals surface area contributed by atoms with Gasteiger partial charge in [-0.3, -0.25) is 4.90 Å². The monoisotopic (exact) mass is 258 g/mol. The Hall–Kier alpha value is -1.44. The SMILES string of the molecule is CCN(Cc1ccnc(C#N)c1)C1CCC(N)CC1. The minimum Gasteiger partial charge on any atom is -0.328 e. The van der Waals surface area contributed by atoms with E-state index in [1.807, 2.05) is 12.1 Å². The summed E-state index contributed by atoms with van der Waals surface area (Å²) in [6.07, 6.45) is 6.34. The number of nitriles is 1. The van der Waals surface area contributed by atoms with Crippen LogP contribution in [0.1, 0.15) is 43.9 Å². The lowest BCUT2D eigenvalue weighted by Crippen LogP contribution is -2.40. The first-order chi connectivity index (χ1) is 9.22. The Morgan fingerprint density at radius 1 is 1.42 bits per heavy atom. The molecule has 19 heavy (non-hydrogen) atoms. The Morgan fingerprint density at radius 3 is 2.79 bits per heavy atom. The van der Waals surface area contributed by atoms with E-state index in [0.29, 0.717) is 17.8 Å². The second kappa shape index (κ2) is 6.65. The smallest absolute Gasteiger partial charge is 0.140 e. The van der Waals surface area contributed by atoms with Crippen LogP contribution >= 0.6 is 0 Å². The van der Waals surface area contributed by atoms with Crippen molar-refractivity contribution in [3.05, 3.63) is 29.6 Å². The van der Waals surface area contributed by atoms with Crippen LogP contribution in [0.25, 0.3) is 0 Å². The van der Waals surface area contributed by atoms with Gasteiger partial charge in [-0.1, -0.05) is 6.92 Å². The van der Waals surface area contributed by atoms with Gasteiger partial charge in [-0.05, 0) is 49.9 Å². The number of hydrogen-bond acceptors (Lipinski definition) is 4. The number of aromatic nitrogens is 1. The molecule has 0 amide bonds. The van der Waals surface area contributed by atoms with Gasteiger partial charge in [-0.2, -0.15) is 5.26 Å². The van der Waals surface area contributed by atoms with Crippen molar-refractivity contribution in [2.75, 3.05) is 6.54 Å². The lowest BCUT2D eigenvalue weighted by Gasteiger charge is -2.35. The first-order valence-electron chi connectivity index (χ1n) is 7.07. The molecule has 0 atom stereocenters. The predicted octanol–water partition coefficient (Wildman–Crippen LogP) is 2.05. The van der Waals surface area contributed by atoms with Gasteiger partial charge in [0, 0.05) is 24.8 Å². The Labute approximate surface area is 115 Å². The molecule has 0 bridgehead atoms. The van der Waals surface area contributed by atoms with E-state index < -0.39 is 0 Å². The van der Waals surface area contributed by atoms with Crippen molar-refractivity contribution >= 4 is 0 Å². The van der Waals surface area contributed by atoms with Crippen molar-refractivity contribution in [1.82, 2.24) is 9.88 Å². The van der Waals surface area contributed by atoms with Gasteiger partial charge >= 0.3 is 0 Å². The molecule has 2 N–H and O–H groups in total. The third-order valence-electron chi connectivity index (χ3n) is 3.99. The van der Waals surface area contributed by atoms with Crippen LogP contribution in [0.2, 0.25) is 0 Å². The molecule has 1 fully saturated rings. The molecule has 1 saturated carbocycles. The van der Waals surface area contributed by atoms with E-state index in [0.717, 1.165) is 25.9 Å². The molecule has 0 radical (unpaired) electrons. The van der Waals surface area contributed by atoms with Gasteiger partial charge in [0.25, 0.3) is 0 Å². The van der Waals surface area contributed by atoms with Crippen molar-refractivity contribution in [2.24, 2.45) is 5.73 Å². The second-order valence-corrected chi connectivity index (χ2v) is 5.29. The van der Waals surface area contributed by atoms with Crippen LogP contribution in [0.5, 0.6) is 0 Å². The van der Waals surface area contributed by atoms with Gasteiger partial charge in [0.2, 0.25) is 0 Å². The first-order valence-corrected chi connectivity index (χ1v) is 7.07. The van der Waals surface area contributed by atoms with E-state index in [9.17, 15) is 0 Å². The molecule has 0 aromatic carbocycles. The number of hydrogen-bond donors (Lipinski definition) is 1. The summed E-state index contributed by atoms with van der Waals surface area (Å²) in [5.74, 6) is 0. The highest BCUT2D eigenvalue weighted by Crippen LogP contribution is 2.23. The number of pyridine rings is 1. The fourth-order valence-electron chi connectivity index (χ4n) is 2.83. The lowest BCUT2D eigenvalue weighted by atomic mass is 9.90. The maximum Gasteiger partial charge on any atom is 0.140 e. The average Bonchev–Trinajstić information content (AvgIpc) is 2.46. The van der Waals surface area contributed by atoms with Gasteiger partial charge in [0.05, 0.1) is 0 Å². The summed E-state index contributed by atoms with van der Waals surface area (Å²) in [7, 11) is 0. The van der Waals surface area contributed by atoms with E-state index in [4.69, 9.17) is 11.0 Å². The summed E-state index contributed by atoms with van der Waals surface area (Å²) in [6, 6.07) is 7.00. The molecule has 0 aliphatic heterocycles. The molecule has 102 valence electrons. The van der Waals surface area contributed by atoms with Crippen LogP contribution in [0, 0.1) is 11.3 Å². The molecule has 4 heteroatoms. The fraction of sp³-hybridized carbons (Fsp3) is 0.600. The molecule has 2 rings (SSSR count). The molecule has 0 unspecified atom stereocenters. The molecule has 1 aromatic heterocycles. The van der Waals surface area contributed by atoms with E-state index >= 15 is 0 Å². The van der Waals surface area contributed by atoms with Crippen molar-refractivity contribution in [3.63, 3.8) is 0 Å². The van der Waals surface area contributed by atoms with E-state index in [-0.39, 0.29) is 0 Å². The zero-order valence-corrected chi connectivity index (χ0v) is 11.5. The predicted molar refractivity (Wildman–Crippen MR) is 75.3 cm³/mol. The third-order valence-corrected chi connectivity index (χ3v) is 3.99. The van der Waals surface area contributed by atoms with Crippen molar-refractivity contribution in [1.29, 1.82) is 5.26 Å². The lowest BCUT2D eigenvalue weighted by molar-refractivity contribution is 0.149. The van der Waals surface area contributed by atoms with E-state index in [2.05, 4.69) is 22.9 Å². The molecule has 1 aliphatic rings. The molecular weight excluding hydrogens is 236 g/mol. The fourth-order valence-corrected chi connectivity index (χ4v) is 2.83. The Kier molecular flexibility index (Phi) is 4.89. The van der Waals surface area contributed by atoms with Crippen LogP contribution in [-0.2, 0) is 6.54 Å². The second-order valence-electron chi connectivity index (χ2n) is 5.29. The minimum atomic E-state index is 0.390. The van der Waals surface area contributed by atoms with Gasteiger partial charge in [-0.15, -0.1) is 0 Å². The number of nitrogens with zero attached hydrogens (tertiary/aromatic N) is 3. The molecule has 1 aliphatic carbocycles. The molecule has 0 spiro atoms. The average molecular weight is 258 g/mol. The Balaban J connectivity index is 2.00. The van der Waals surface area contributed by atoms with E-state index in [1.165, 1.54) is 18.4 Å². The standard InChI is InChI=1S/C15H22N4/c1-2-19(15-5-3-13(17)4-6-15)11-12-7-8-18-14(9-12)10-16/h7-9,13,15H,2-6,11,17H2,1H3. The van der Waals surface area contributed by atoms with Crippen LogP contribution < -0.4 is 5.73 Å². The summed E-state index contributed by atoms with van der Waals surface area (Å²) in [6.45, 7) is 4.12. The Morgan fingerprint density at radius 2 is 2.16 bits per heavy atom. The summed E-state index contributed by atoms with van der Waals surface area (Å²) < 4.78 is 0. The maximum absolute atomic E-state index is 8.89. The normalized spacial score (nSPS) is 23.3.